The van der Waals surface area contributed by atoms with Crippen molar-refractivity contribution in [1.82, 2.24) is 19.6 Å². The lowest BCUT2D eigenvalue weighted by Crippen LogP contribution is -2.20. The molecule has 7 nitrogen and oxygen atoms in total. The standard InChI is InChI=1S/C13H14N6O/c1-8-13(15)9-4-2-3-5-10(9)19(8)12(20)7-18-16-6-11(14)17-18/h2-6H,7,15H2,1H3,(H2,14,17). The van der Waals surface area contributed by atoms with Crippen molar-refractivity contribution in [3.8, 4) is 0 Å². The van der Waals surface area contributed by atoms with Crippen LogP contribution in [0.15, 0.2) is 30.5 Å². The van der Waals surface area contributed by atoms with Gasteiger partial charge in [0.25, 0.3) is 5.91 Å². The molecule has 0 aliphatic carbocycles. The summed E-state index contributed by atoms with van der Waals surface area (Å²) in [4.78, 5) is 13.7. The van der Waals surface area contributed by atoms with Crippen molar-refractivity contribution in [3.63, 3.8) is 0 Å². The minimum Gasteiger partial charge on any atom is -0.397 e. The number of nitrogens with zero attached hydrogens (tertiary/aromatic N) is 4. The van der Waals surface area contributed by atoms with Crippen molar-refractivity contribution >= 4 is 28.3 Å². The van der Waals surface area contributed by atoms with Crippen LogP contribution in [0.4, 0.5) is 11.5 Å². The summed E-state index contributed by atoms with van der Waals surface area (Å²) in [5.74, 6) is 0.123. The molecule has 0 aliphatic heterocycles. The Hall–Kier alpha value is -2.83. The van der Waals surface area contributed by atoms with Crippen LogP contribution in [0, 0.1) is 6.92 Å². The third kappa shape index (κ3) is 1.80. The number of aromatic nitrogens is 4. The van der Waals surface area contributed by atoms with E-state index < -0.39 is 0 Å². The van der Waals surface area contributed by atoms with Gasteiger partial charge in [-0.15, -0.1) is 5.10 Å². The maximum absolute atomic E-state index is 12.4. The number of anilines is 2. The lowest BCUT2D eigenvalue weighted by Gasteiger charge is -2.06. The number of para-hydroxylation sites is 1. The molecule has 2 heterocycles. The summed E-state index contributed by atoms with van der Waals surface area (Å²) in [6.45, 7) is 1.83. The minimum absolute atomic E-state index is 0.0101. The summed E-state index contributed by atoms with van der Waals surface area (Å²) in [6, 6.07) is 7.52. The number of fused-ring (bicyclic) bond motifs is 1. The first-order chi connectivity index (χ1) is 9.58. The number of rotatable bonds is 2. The number of carbonyl (C=O) groups is 1. The molecule has 0 spiro atoms. The van der Waals surface area contributed by atoms with Gasteiger partial charge in [-0.2, -0.15) is 9.90 Å². The fraction of sp³-hybridized carbons (Fsp3) is 0.154. The Morgan fingerprint density at radius 2 is 2.05 bits per heavy atom. The fourth-order valence-electron chi connectivity index (χ4n) is 2.29. The molecule has 0 atom stereocenters. The predicted octanol–water partition coefficient (Wildman–Crippen LogP) is 1.05. The van der Waals surface area contributed by atoms with E-state index in [-0.39, 0.29) is 18.3 Å². The lowest BCUT2D eigenvalue weighted by molar-refractivity contribution is 0.0884. The second kappa shape index (κ2) is 4.37. The Balaban J connectivity index is 2.05. The van der Waals surface area contributed by atoms with E-state index in [1.807, 2.05) is 31.2 Å². The summed E-state index contributed by atoms with van der Waals surface area (Å²) >= 11 is 0. The smallest absolute Gasteiger partial charge is 0.254 e. The highest BCUT2D eigenvalue weighted by Crippen LogP contribution is 2.27. The summed E-state index contributed by atoms with van der Waals surface area (Å²) in [7, 11) is 0. The Labute approximate surface area is 114 Å². The topological polar surface area (TPSA) is 105 Å². The SMILES string of the molecule is Cc1c(N)c2ccccc2n1C(=O)Cn1ncc(N)n1. The van der Waals surface area contributed by atoms with Crippen LogP contribution in [0.25, 0.3) is 10.9 Å². The third-order valence-electron chi connectivity index (χ3n) is 3.24. The van der Waals surface area contributed by atoms with E-state index in [4.69, 9.17) is 11.5 Å². The maximum Gasteiger partial charge on any atom is 0.254 e. The zero-order valence-electron chi connectivity index (χ0n) is 10.9. The molecule has 0 bridgehead atoms. The van der Waals surface area contributed by atoms with Gasteiger partial charge in [0.05, 0.1) is 17.4 Å². The van der Waals surface area contributed by atoms with Crippen LogP contribution in [0.3, 0.4) is 0 Å². The van der Waals surface area contributed by atoms with Crippen LogP contribution in [-0.2, 0) is 6.54 Å². The van der Waals surface area contributed by atoms with E-state index in [1.165, 1.54) is 11.0 Å². The van der Waals surface area contributed by atoms with Gasteiger partial charge in [0.2, 0.25) is 0 Å². The first-order valence-corrected chi connectivity index (χ1v) is 6.12. The average Bonchev–Trinajstić information content (AvgIpc) is 2.93. The van der Waals surface area contributed by atoms with E-state index in [0.29, 0.717) is 5.69 Å². The molecule has 3 aromatic rings. The van der Waals surface area contributed by atoms with Gasteiger partial charge in [0.1, 0.15) is 6.54 Å². The van der Waals surface area contributed by atoms with Crippen LogP contribution in [0.1, 0.15) is 10.5 Å². The van der Waals surface area contributed by atoms with Crippen molar-refractivity contribution in [2.45, 2.75) is 13.5 Å². The molecule has 7 heteroatoms. The average molecular weight is 270 g/mol. The highest BCUT2D eigenvalue weighted by Gasteiger charge is 2.17. The Morgan fingerprint density at radius 3 is 2.75 bits per heavy atom. The summed E-state index contributed by atoms with van der Waals surface area (Å²) < 4.78 is 1.59. The highest BCUT2D eigenvalue weighted by molar-refractivity contribution is 6.01. The summed E-state index contributed by atoms with van der Waals surface area (Å²) in [6.07, 6.45) is 1.41. The van der Waals surface area contributed by atoms with Crippen molar-refractivity contribution in [3.05, 3.63) is 36.2 Å². The van der Waals surface area contributed by atoms with Gasteiger partial charge in [-0.3, -0.25) is 9.36 Å². The first kappa shape index (κ1) is 12.2. The molecule has 0 unspecified atom stereocenters. The Bertz CT molecular complexity index is 800. The molecule has 0 fully saturated rings. The fourth-order valence-corrected chi connectivity index (χ4v) is 2.29. The summed E-state index contributed by atoms with van der Waals surface area (Å²) in [5.41, 5.74) is 13.6. The molecule has 0 amide bonds. The van der Waals surface area contributed by atoms with E-state index >= 15 is 0 Å². The molecule has 0 saturated carbocycles. The van der Waals surface area contributed by atoms with Crippen molar-refractivity contribution in [2.75, 3.05) is 11.5 Å². The van der Waals surface area contributed by atoms with E-state index in [9.17, 15) is 4.79 Å². The number of carbonyl (C=O) groups excluding carboxylic acids is 1. The van der Waals surface area contributed by atoms with Crippen LogP contribution in [-0.4, -0.2) is 25.5 Å². The second-order valence-corrected chi connectivity index (χ2v) is 4.55. The third-order valence-corrected chi connectivity index (χ3v) is 3.24. The van der Waals surface area contributed by atoms with Gasteiger partial charge in [-0.1, -0.05) is 18.2 Å². The molecule has 0 radical (unpaired) electrons. The Morgan fingerprint density at radius 1 is 1.30 bits per heavy atom. The van der Waals surface area contributed by atoms with Crippen LogP contribution in [0.5, 0.6) is 0 Å². The molecule has 1 aromatic carbocycles. The zero-order chi connectivity index (χ0) is 14.3. The number of nitrogen functional groups attached to an aromatic ring is 2. The number of hydrogen-bond donors (Lipinski definition) is 2. The van der Waals surface area contributed by atoms with Crippen LogP contribution in [0.2, 0.25) is 0 Å². The monoisotopic (exact) mass is 270 g/mol. The maximum atomic E-state index is 12.4. The van der Waals surface area contributed by atoms with Crippen LogP contribution >= 0.6 is 0 Å². The van der Waals surface area contributed by atoms with Crippen molar-refractivity contribution < 1.29 is 4.79 Å². The molecule has 2 aromatic heterocycles. The minimum atomic E-state index is -0.161. The number of nitrogens with two attached hydrogens (primary N) is 2. The number of hydrogen-bond acceptors (Lipinski definition) is 5. The Kier molecular flexibility index (Phi) is 2.67. The van der Waals surface area contributed by atoms with Crippen molar-refractivity contribution in [1.29, 1.82) is 0 Å². The molecule has 3 rings (SSSR count). The second-order valence-electron chi connectivity index (χ2n) is 4.55. The van der Waals surface area contributed by atoms with Gasteiger partial charge >= 0.3 is 0 Å². The molecule has 102 valence electrons. The molecular weight excluding hydrogens is 256 g/mol. The van der Waals surface area contributed by atoms with E-state index in [0.717, 1.165) is 16.6 Å². The predicted molar refractivity (Wildman–Crippen MR) is 76.1 cm³/mol. The molecule has 4 N–H and O–H groups in total. The van der Waals surface area contributed by atoms with Crippen LogP contribution < -0.4 is 11.5 Å². The molecule has 0 saturated heterocycles. The van der Waals surface area contributed by atoms with Crippen molar-refractivity contribution in [2.24, 2.45) is 0 Å². The zero-order valence-corrected chi connectivity index (χ0v) is 10.9. The lowest BCUT2D eigenvalue weighted by atomic mass is 10.2. The van der Waals surface area contributed by atoms with Gasteiger partial charge in [-0.05, 0) is 13.0 Å². The van der Waals surface area contributed by atoms with Gasteiger partial charge in [-0.25, -0.2) is 0 Å². The van der Waals surface area contributed by atoms with Gasteiger partial charge < -0.3 is 11.5 Å². The highest BCUT2D eigenvalue weighted by atomic mass is 16.2. The first-order valence-electron chi connectivity index (χ1n) is 6.12. The largest absolute Gasteiger partial charge is 0.397 e. The molecule has 20 heavy (non-hydrogen) atoms. The van der Waals surface area contributed by atoms with Gasteiger partial charge in [0, 0.05) is 11.1 Å². The molecular formula is C13H14N6O. The quantitative estimate of drug-likeness (QED) is 0.724. The van der Waals surface area contributed by atoms with E-state index in [2.05, 4.69) is 10.2 Å². The molecule has 0 aliphatic rings. The number of benzene rings is 1. The van der Waals surface area contributed by atoms with Gasteiger partial charge in [0.15, 0.2) is 5.82 Å². The van der Waals surface area contributed by atoms with E-state index in [1.54, 1.807) is 4.57 Å². The normalized spacial score (nSPS) is 11.1. The summed E-state index contributed by atoms with van der Waals surface area (Å²) in [5, 5.41) is 8.69.